The number of hydrogen-bond donors (Lipinski definition) is 1. The summed E-state index contributed by atoms with van der Waals surface area (Å²) in [6.45, 7) is 3.15. The minimum Gasteiger partial charge on any atom is -0.345 e. The van der Waals surface area contributed by atoms with E-state index in [0.717, 1.165) is 19.4 Å². The highest BCUT2D eigenvalue weighted by Crippen LogP contribution is 2.40. The van der Waals surface area contributed by atoms with Gasteiger partial charge in [0.1, 0.15) is 0 Å². The molecule has 2 aliphatic rings. The Hall–Kier alpha value is -2.08. The molecule has 3 amide bonds. The fraction of sp³-hybridized carbons (Fsp3) is 0.500. The third-order valence-electron chi connectivity index (χ3n) is 5.11. The summed E-state index contributed by atoms with van der Waals surface area (Å²) in [5.41, 5.74) is 0.425. The Morgan fingerprint density at radius 3 is 2.72 bits per heavy atom. The molecular formula is C18H22ClN3O3. The van der Waals surface area contributed by atoms with Crippen molar-refractivity contribution in [2.75, 3.05) is 32.0 Å². The summed E-state index contributed by atoms with van der Waals surface area (Å²) in [5, 5.41) is 3.00. The van der Waals surface area contributed by atoms with E-state index in [-0.39, 0.29) is 17.7 Å². The zero-order valence-corrected chi connectivity index (χ0v) is 15.2. The summed E-state index contributed by atoms with van der Waals surface area (Å²) in [5.74, 6) is -0.279. The van der Waals surface area contributed by atoms with Gasteiger partial charge in [-0.3, -0.25) is 14.4 Å². The van der Waals surface area contributed by atoms with Crippen molar-refractivity contribution in [2.24, 2.45) is 5.41 Å². The van der Waals surface area contributed by atoms with Crippen LogP contribution in [0.25, 0.3) is 0 Å². The molecule has 3 rings (SSSR count). The summed E-state index contributed by atoms with van der Waals surface area (Å²) in [6.07, 6.45) is 2.47. The van der Waals surface area contributed by atoms with Crippen molar-refractivity contribution in [3.8, 4) is 0 Å². The van der Waals surface area contributed by atoms with Crippen molar-refractivity contribution in [3.63, 3.8) is 0 Å². The fourth-order valence-corrected chi connectivity index (χ4v) is 4.03. The Morgan fingerprint density at radius 1 is 1.24 bits per heavy atom. The number of piperidine rings is 1. The minimum atomic E-state index is -0.454. The van der Waals surface area contributed by atoms with Crippen LogP contribution in [0, 0.1) is 5.41 Å². The van der Waals surface area contributed by atoms with Crippen molar-refractivity contribution >= 4 is 35.0 Å². The molecule has 1 aromatic rings. The van der Waals surface area contributed by atoms with E-state index >= 15 is 0 Å². The number of nitrogens with zero attached hydrogens (tertiary/aromatic N) is 2. The molecule has 0 saturated carbocycles. The summed E-state index contributed by atoms with van der Waals surface area (Å²) >= 11 is 6.20. The molecule has 1 unspecified atom stereocenters. The van der Waals surface area contributed by atoms with Crippen LogP contribution in [0.15, 0.2) is 18.2 Å². The van der Waals surface area contributed by atoms with E-state index in [2.05, 4.69) is 5.32 Å². The van der Waals surface area contributed by atoms with Crippen molar-refractivity contribution in [1.82, 2.24) is 9.80 Å². The number of halogens is 1. The van der Waals surface area contributed by atoms with Gasteiger partial charge in [0.05, 0.1) is 16.0 Å². The number of carbonyl (C=O) groups excluding carboxylic acids is 3. The minimum absolute atomic E-state index is 0.132. The molecule has 2 aliphatic heterocycles. The Morgan fingerprint density at radius 2 is 2.00 bits per heavy atom. The second-order valence-corrected chi connectivity index (χ2v) is 7.37. The van der Waals surface area contributed by atoms with E-state index in [1.54, 1.807) is 28.0 Å². The Balaban J connectivity index is 1.80. The average molecular weight is 364 g/mol. The Labute approximate surface area is 152 Å². The number of anilines is 1. The SMILES string of the molecule is CC(=O)Nc1ccc(Cl)c(C(=O)N2CCC3(CCCN(C)C3=O)C2)c1. The van der Waals surface area contributed by atoms with Gasteiger partial charge in [0, 0.05) is 39.3 Å². The molecule has 7 heteroatoms. The molecule has 2 heterocycles. The van der Waals surface area contributed by atoms with Crippen LogP contribution in [0.4, 0.5) is 5.69 Å². The summed E-state index contributed by atoms with van der Waals surface area (Å²) in [7, 11) is 1.82. The molecule has 1 atom stereocenters. The molecule has 0 bridgehead atoms. The lowest BCUT2D eigenvalue weighted by Gasteiger charge is -2.37. The van der Waals surface area contributed by atoms with Gasteiger partial charge >= 0.3 is 0 Å². The fourth-order valence-electron chi connectivity index (χ4n) is 3.83. The highest BCUT2D eigenvalue weighted by Gasteiger charge is 2.48. The molecule has 25 heavy (non-hydrogen) atoms. The molecule has 1 N–H and O–H groups in total. The van der Waals surface area contributed by atoms with Crippen molar-refractivity contribution in [3.05, 3.63) is 28.8 Å². The number of amides is 3. The highest BCUT2D eigenvalue weighted by molar-refractivity contribution is 6.34. The van der Waals surface area contributed by atoms with Crippen LogP contribution in [-0.4, -0.2) is 54.2 Å². The van der Waals surface area contributed by atoms with Crippen LogP contribution in [0.1, 0.15) is 36.5 Å². The lowest BCUT2D eigenvalue weighted by atomic mass is 9.78. The Kier molecular flexibility index (Phi) is 4.73. The van der Waals surface area contributed by atoms with Gasteiger partial charge in [0.2, 0.25) is 11.8 Å². The van der Waals surface area contributed by atoms with Gasteiger partial charge < -0.3 is 15.1 Å². The zero-order valence-electron chi connectivity index (χ0n) is 14.5. The Bertz CT molecular complexity index is 736. The third kappa shape index (κ3) is 3.35. The van der Waals surface area contributed by atoms with Gasteiger partial charge in [-0.15, -0.1) is 0 Å². The second-order valence-electron chi connectivity index (χ2n) is 6.96. The molecule has 0 aliphatic carbocycles. The summed E-state index contributed by atoms with van der Waals surface area (Å²) in [4.78, 5) is 40.2. The van der Waals surface area contributed by atoms with Gasteiger partial charge in [-0.05, 0) is 37.5 Å². The van der Waals surface area contributed by atoms with Crippen LogP contribution in [0.3, 0.4) is 0 Å². The maximum Gasteiger partial charge on any atom is 0.255 e. The number of nitrogens with one attached hydrogen (secondary N) is 1. The first-order valence-corrected chi connectivity index (χ1v) is 8.82. The normalized spacial score (nSPS) is 23.2. The number of carbonyl (C=O) groups is 3. The van der Waals surface area contributed by atoms with E-state index in [0.29, 0.717) is 35.8 Å². The number of hydrogen-bond acceptors (Lipinski definition) is 3. The van der Waals surface area contributed by atoms with Gasteiger partial charge in [-0.1, -0.05) is 11.6 Å². The van der Waals surface area contributed by atoms with Crippen molar-refractivity contribution in [1.29, 1.82) is 0 Å². The first kappa shape index (κ1) is 17.7. The molecule has 1 spiro atoms. The lowest BCUT2D eigenvalue weighted by Crippen LogP contribution is -2.48. The van der Waals surface area contributed by atoms with E-state index in [1.807, 2.05) is 7.05 Å². The van der Waals surface area contributed by atoms with E-state index in [9.17, 15) is 14.4 Å². The maximum absolute atomic E-state index is 12.9. The van der Waals surface area contributed by atoms with E-state index in [1.165, 1.54) is 6.92 Å². The van der Waals surface area contributed by atoms with Crippen LogP contribution in [0.2, 0.25) is 5.02 Å². The molecule has 0 aromatic heterocycles. The molecule has 2 saturated heterocycles. The summed E-state index contributed by atoms with van der Waals surface area (Å²) in [6, 6.07) is 4.85. The molecular weight excluding hydrogens is 342 g/mol. The molecule has 134 valence electrons. The molecule has 0 radical (unpaired) electrons. The van der Waals surface area contributed by atoms with Gasteiger partial charge in [-0.2, -0.15) is 0 Å². The van der Waals surface area contributed by atoms with Crippen molar-refractivity contribution < 1.29 is 14.4 Å². The lowest BCUT2D eigenvalue weighted by molar-refractivity contribution is -0.143. The highest BCUT2D eigenvalue weighted by atomic mass is 35.5. The molecule has 2 fully saturated rings. The van der Waals surface area contributed by atoms with Crippen LogP contribution < -0.4 is 5.32 Å². The second kappa shape index (κ2) is 6.67. The maximum atomic E-state index is 12.9. The molecule has 6 nitrogen and oxygen atoms in total. The molecule has 1 aromatic carbocycles. The zero-order chi connectivity index (χ0) is 18.2. The van der Waals surface area contributed by atoms with Crippen LogP contribution in [-0.2, 0) is 9.59 Å². The number of rotatable bonds is 2. The first-order valence-electron chi connectivity index (χ1n) is 8.44. The first-order chi connectivity index (χ1) is 11.8. The third-order valence-corrected chi connectivity index (χ3v) is 5.44. The topological polar surface area (TPSA) is 69.7 Å². The standard InChI is InChI=1S/C18H22ClN3O3/c1-12(23)20-13-4-5-15(19)14(10-13)16(24)22-9-7-18(11-22)6-3-8-21(2)17(18)25/h4-5,10H,3,6-9,11H2,1-2H3,(H,20,23). The summed E-state index contributed by atoms with van der Waals surface area (Å²) < 4.78 is 0. The van der Waals surface area contributed by atoms with Crippen LogP contribution in [0.5, 0.6) is 0 Å². The quantitative estimate of drug-likeness (QED) is 0.877. The van der Waals surface area contributed by atoms with Gasteiger partial charge in [0.25, 0.3) is 5.91 Å². The monoisotopic (exact) mass is 363 g/mol. The number of benzene rings is 1. The number of likely N-dealkylation sites (tertiary alicyclic amines) is 2. The van der Waals surface area contributed by atoms with Gasteiger partial charge in [0.15, 0.2) is 0 Å². The van der Waals surface area contributed by atoms with Crippen molar-refractivity contribution in [2.45, 2.75) is 26.2 Å². The van der Waals surface area contributed by atoms with E-state index in [4.69, 9.17) is 11.6 Å². The predicted molar refractivity (Wildman–Crippen MR) is 95.6 cm³/mol. The average Bonchev–Trinajstić information content (AvgIpc) is 2.98. The van der Waals surface area contributed by atoms with Gasteiger partial charge in [-0.25, -0.2) is 0 Å². The predicted octanol–water partition coefficient (Wildman–Crippen LogP) is 2.38. The smallest absolute Gasteiger partial charge is 0.255 e. The van der Waals surface area contributed by atoms with E-state index < -0.39 is 5.41 Å². The largest absolute Gasteiger partial charge is 0.345 e. The van der Waals surface area contributed by atoms with Crippen LogP contribution >= 0.6 is 11.6 Å².